The summed E-state index contributed by atoms with van der Waals surface area (Å²) in [5, 5.41) is 0. The van der Waals surface area contributed by atoms with Gasteiger partial charge in [-0.3, -0.25) is 9.59 Å². The molecule has 2 fully saturated rings. The van der Waals surface area contributed by atoms with Crippen molar-refractivity contribution in [3.8, 4) is 0 Å². The highest BCUT2D eigenvalue weighted by Crippen LogP contribution is 2.38. The van der Waals surface area contributed by atoms with Crippen LogP contribution in [0.5, 0.6) is 0 Å². The van der Waals surface area contributed by atoms with Crippen molar-refractivity contribution in [2.45, 2.75) is 36.1 Å². The summed E-state index contributed by atoms with van der Waals surface area (Å²) in [5.41, 5.74) is -0.302. The van der Waals surface area contributed by atoms with E-state index < -0.39 is 15.4 Å². The van der Waals surface area contributed by atoms with Crippen molar-refractivity contribution in [3.63, 3.8) is 0 Å². The molecule has 2 saturated heterocycles. The van der Waals surface area contributed by atoms with Gasteiger partial charge in [0.15, 0.2) is 9.84 Å². The summed E-state index contributed by atoms with van der Waals surface area (Å²) < 4.78 is 23.1. The van der Waals surface area contributed by atoms with E-state index in [0.717, 1.165) is 25.6 Å². The fraction of sp³-hybridized carbons (Fsp3) is 0.529. The molecule has 6 nitrogen and oxygen atoms in total. The van der Waals surface area contributed by atoms with Crippen LogP contribution in [0.3, 0.4) is 0 Å². The zero-order valence-electron chi connectivity index (χ0n) is 14.0. The highest BCUT2D eigenvalue weighted by Gasteiger charge is 2.52. The van der Waals surface area contributed by atoms with Crippen molar-refractivity contribution in [3.05, 3.63) is 29.8 Å². The fourth-order valence-corrected chi connectivity index (χ4v) is 4.46. The predicted octanol–water partition coefficient (Wildman–Crippen LogP) is 1.32. The van der Waals surface area contributed by atoms with Crippen LogP contribution >= 0.6 is 0 Å². The number of rotatable bonds is 2. The number of piperidine rings is 1. The van der Waals surface area contributed by atoms with Gasteiger partial charge in [0.05, 0.1) is 4.90 Å². The maximum absolute atomic E-state index is 12.9. The van der Waals surface area contributed by atoms with Gasteiger partial charge in [0, 0.05) is 32.0 Å². The van der Waals surface area contributed by atoms with Crippen molar-refractivity contribution in [1.82, 2.24) is 9.80 Å². The van der Waals surface area contributed by atoms with Gasteiger partial charge in [-0.15, -0.1) is 0 Å². The number of sulfone groups is 1. The maximum Gasteiger partial charge on any atom is 0.254 e. The number of carbonyl (C=O) groups is 2. The molecule has 0 radical (unpaired) electrons. The van der Waals surface area contributed by atoms with Crippen molar-refractivity contribution in [2.75, 3.05) is 26.4 Å². The summed E-state index contributed by atoms with van der Waals surface area (Å²) in [7, 11) is -1.51. The van der Waals surface area contributed by atoms with Crippen LogP contribution in [0.1, 0.15) is 36.0 Å². The quantitative estimate of drug-likeness (QED) is 0.806. The lowest BCUT2D eigenvalue weighted by molar-refractivity contribution is -0.144. The van der Waals surface area contributed by atoms with Gasteiger partial charge < -0.3 is 9.80 Å². The molecule has 24 heavy (non-hydrogen) atoms. The van der Waals surface area contributed by atoms with Crippen LogP contribution in [0.4, 0.5) is 0 Å². The second-order valence-electron chi connectivity index (χ2n) is 6.72. The molecule has 0 bridgehead atoms. The normalized spacial score (nSPS) is 24.7. The molecule has 1 spiro atoms. The Kier molecular flexibility index (Phi) is 4.15. The first-order chi connectivity index (χ1) is 11.3. The Morgan fingerprint density at radius 2 is 1.67 bits per heavy atom. The number of likely N-dealkylation sites (N-methyl/N-ethyl adjacent to an activating group) is 1. The van der Waals surface area contributed by atoms with Gasteiger partial charge >= 0.3 is 0 Å². The van der Waals surface area contributed by atoms with Gasteiger partial charge in [-0.05, 0) is 49.9 Å². The monoisotopic (exact) mass is 350 g/mol. The zero-order valence-corrected chi connectivity index (χ0v) is 14.8. The minimum Gasteiger partial charge on any atom is -0.344 e. The van der Waals surface area contributed by atoms with Gasteiger partial charge in [0.1, 0.15) is 5.54 Å². The highest BCUT2D eigenvalue weighted by molar-refractivity contribution is 7.90. The number of hydrogen-bond acceptors (Lipinski definition) is 4. The van der Waals surface area contributed by atoms with E-state index in [4.69, 9.17) is 0 Å². The molecule has 1 atom stereocenters. The Morgan fingerprint density at radius 3 is 2.25 bits per heavy atom. The van der Waals surface area contributed by atoms with Gasteiger partial charge in [-0.1, -0.05) is 0 Å². The molecule has 1 unspecified atom stereocenters. The van der Waals surface area contributed by atoms with E-state index in [0.29, 0.717) is 24.9 Å². The van der Waals surface area contributed by atoms with Crippen molar-refractivity contribution >= 4 is 21.7 Å². The zero-order chi connectivity index (χ0) is 17.5. The molecule has 7 heteroatoms. The molecule has 2 aliphatic heterocycles. The second kappa shape index (κ2) is 5.88. The van der Waals surface area contributed by atoms with Gasteiger partial charge in [-0.25, -0.2) is 8.42 Å². The lowest BCUT2D eigenvalue weighted by Gasteiger charge is -2.43. The Morgan fingerprint density at radius 1 is 1.08 bits per heavy atom. The van der Waals surface area contributed by atoms with Crippen molar-refractivity contribution < 1.29 is 18.0 Å². The van der Waals surface area contributed by atoms with E-state index in [9.17, 15) is 18.0 Å². The molecule has 2 aliphatic rings. The number of nitrogens with zero attached hydrogens (tertiary/aromatic N) is 2. The van der Waals surface area contributed by atoms with Crippen molar-refractivity contribution in [2.24, 2.45) is 0 Å². The summed E-state index contributed by atoms with van der Waals surface area (Å²) in [6.07, 6.45) is 4.23. The molecule has 3 rings (SSSR count). The average molecular weight is 350 g/mol. The van der Waals surface area contributed by atoms with Crippen LogP contribution in [0.15, 0.2) is 29.2 Å². The first-order valence-electron chi connectivity index (χ1n) is 8.13. The lowest BCUT2D eigenvalue weighted by atomic mass is 9.85. The highest BCUT2D eigenvalue weighted by atomic mass is 32.2. The third-order valence-corrected chi connectivity index (χ3v) is 6.22. The third-order valence-electron chi connectivity index (χ3n) is 5.09. The van der Waals surface area contributed by atoms with E-state index >= 15 is 0 Å². The van der Waals surface area contributed by atoms with E-state index in [1.54, 1.807) is 16.8 Å². The summed E-state index contributed by atoms with van der Waals surface area (Å²) in [6.45, 7) is 1.29. The van der Waals surface area contributed by atoms with E-state index in [-0.39, 0.29) is 16.7 Å². The molecule has 1 aromatic rings. The Balaban J connectivity index is 1.90. The summed E-state index contributed by atoms with van der Waals surface area (Å²) >= 11 is 0. The minimum atomic E-state index is -3.29. The van der Waals surface area contributed by atoms with Crippen molar-refractivity contribution in [1.29, 1.82) is 0 Å². The largest absolute Gasteiger partial charge is 0.344 e. The lowest BCUT2D eigenvalue weighted by Crippen LogP contribution is -2.60. The first kappa shape index (κ1) is 17.0. The first-order valence-corrected chi connectivity index (χ1v) is 10.0. The molecule has 0 aromatic heterocycles. The third kappa shape index (κ3) is 2.70. The molecular formula is C17H22N2O4S. The summed E-state index contributed by atoms with van der Waals surface area (Å²) in [5.74, 6) is -0.177. The smallest absolute Gasteiger partial charge is 0.254 e. The molecule has 1 aromatic carbocycles. The molecular weight excluding hydrogens is 328 g/mol. The van der Waals surface area contributed by atoms with Gasteiger partial charge in [0.2, 0.25) is 5.91 Å². The molecule has 0 saturated carbocycles. The number of carbonyl (C=O) groups excluding carboxylic acids is 2. The standard InChI is InChI=1S/C17H22N2O4S/c1-18-11-3-9-17(16(18)21)10-4-12-19(17)15(20)13-5-7-14(8-6-13)24(2,22)23/h5-8H,3-4,9-12H2,1-2H3. The topological polar surface area (TPSA) is 74.8 Å². The molecule has 130 valence electrons. The SMILES string of the molecule is CN1CCCC2(CCCN2C(=O)c2ccc(S(C)(=O)=O)cc2)C1=O. The van der Waals surface area contributed by atoms with Crippen LogP contribution in [0, 0.1) is 0 Å². The Labute approximate surface area is 142 Å². The number of hydrogen-bond donors (Lipinski definition) is 0. The minimum absolute atomic E-state index is 0.0207. The Hall–Kier alpha value is -1.89. The second-order valence-corrected chi connectivity index (χ2v) is 8.73. The molecule has 2 amide bonds. The molecule has 0 aliphatic carbocycles. The van der Waals surface area contributed by atoms with E-state index in [1.165, 1.54) is 24.3 Å². The molecule has 0 N–H and O–H groups in total. The fourth-order valence-electron chi connectivity index (χ4n) is 3.83. The number of amides is 2. The van der Waals surface area contributed by atoms with Gasteiger partial charge in [-0.2, -0.15) is 0 Å². The predicted molar refractivity (Wildman–Crippen MR) is 89.4 cm³/mol. The van der Waals surface area contributed by atoms with Crippen LogP contribution in [-0.4, -0.2) is 62.0 Å². The Bertz CT molecular complexity index is 772. The van der Waals surface area contributed by atoms with Crippen LogP contribution < -0.4 is 0 Å². The maximum atomic E-state index is 12.9. The van der Waals surface area contributed by atoms with E-state index in [1.807, 2.05) is 0 Å². The van der Waals surface area contributed by atoms with Gasteiger partial charge in [0.25, 0.3) is 5.91 Å². The van der Waals surface area contributed by atoms with Crippen LogP contribution in [0.2, 0.25) is 0 Å². The van der Waals surface area contributed by atoms with Crippen LogP contribution in [0.25, 0.3) is 0 Å². The number of benzene rings is 1. The van der Waals surface area contributed by atoms with Crippen LogP contribution in [-0.2, 0) is 14.6 Å². The summed E-state index contributed by atoms with van der Waals surface area (Å²) in [6, 6.07) is 5.95. The average Bonchev–Trinajstić information content (AvgIpc) is 2.96. The molecule has 2 heterocycles. The van der Waals surface area contributed by atoms with E-state index in [2.05, 4.69) is 0 Å². The summed E-state index contributed by atoms with van der Waals surface area (Å²) in [4.78, 5) is 29.3. The number of likely N-dealkylation sites (tertiary alicyclic amines) is 2.